The third-order valence-electron chi connectivity index (χ3n) is 5.21. The van der Waals surface area contributed by atoms with Crippen LogP contribution in [0.3, 0.4) is 0 Å². The number of pyridine rings is 1. The molecular formula is C22H24N6O. The van der Waals surface area contributed by atoms with E-state index in [9.17, 15) is 5.26 Å². The first-order chi connectivity index (χ1) is 14.2. The molecule has 0 saturated carbocycles. The van der Waals surface area contributed by atoms with E-state index >= 15 is 0 Å². The first-order valence-corrected chi connectivity index (χ1v) is 9.96. The van der Waals surface area contributed by atoms with Crippen LogP contribution in [0.1, 0.15) is 30.0 Å². The lowest BCUT2D eigenvalue weighted by atomic mass is 10.00. The fourth-order valence-corrected chi connectivity index (χ4v) is 3.49. The monoisotopic (exact) mass is 388 g/mol. The minimum absolute atomic E-state index is 0.362. The molecule has 29 heavy (non-hydrogen) atoms. The summed E-state index contributed by atoms with van der Waals surface area (Å²) in [6.07, 6.45) is 4.69. The molecule has 1 aliphatic heterocycles. The zero-order valence-electron chi connectivity index (χ0n) is 16.8. The fourth-order valence-electron chi connectivity index (χ4n) is 3.49. The molecule has 0 bridgehead atoms. The molecule has 0 radical (unpaired) electrons. The highest BCUT2D eigenvalue weighted by atomic mass is 16.5. The largest absolute Gasteiger partial charge is 0.369 e. The summed E-state index contributed by atoms with van der Waals surface area (Å²) in [5.41, 5.74) is 4.78. The molecule has 0 fully saturated rings. The smallest absolute Gasteiger partial charge is 0.259 e. The highest BCUT2D eigenvalue weighted by molar-refractivity contribution is 5.64. The fraction of sp³-hybridized carbons (Fsp3) is 0.364. The van der Waals surface area contributed by atoms with Crippen molar-refractivity contribution >= 4 is 5.82 Å². The van der Waals surface area contributed by atoms with E-state index < -0.39 is 0 Å². The Kier molecular flexibility index (Phi) is 5.54. The van der Waals surface area contributed by atoms with Gasteiger partial charge in [-0.2, -0.15) is 10.2 Å². The van der Waals surface area contributed by atoms with Crippen LogP contribution >= 0.6 is 0 Å². The van der Waals surface area contributed by atoms with Crippen molar-refractivity contribution in [3.63, 3.8) is 0 Å². The van der Waals surface area contributed by atoms with Crippen LogP contribution in [0.25, 0.3) is 22.8 Å². The maximum atomic E-state index is 9.43. The average Bonchev–Trinajstić information content (AvgIpc) is 3.17. The summed E-state index contributed by atoms with van der Waals surface area (Å²) in [5.74, 6) is 1.49. The SMILES string of the molecule is CCCNc1ncc(-c2nc(-c3ccc4c(c3)CCN(C)CC4)no2)cc1C#N. The Hall–Kier alpha value is -3.24. The number of anilines is 1. The summed E-state index contributed by atoms with van der Waals surface area (Å²) >= 11 is 0. The van der Waals surface area contributed by atoms with Crippen molar-refractivity contribution in [2.75, 3.05) is 32.0 Å². The minimum Gasteiger partial charge on any atom is -0.369 e. The number of hydrogen-bond acceptors (Lipinski definition) is 7. The van der Waals surface area contributed by atoms with E-state index in [1.54, 1.807) is 12.3 Å². The number of nitriles is 1. The Bertz CT molecular complexity index is 1050. The molecule has 148 valence electrons. The van der Waals surface area contributed by atoms with Gasteiger partial charge in [0, 0.05) is 31.4 Å². The molecule has 0 spiro atoms. The maximum absolute atomic E-state index is 9.43. The number of hydrogen-bond donors (Lipinski definition) is 1. The number of nitrogens with one attached hydrogen (secondary N) is 1. The number of rotatable bonds is 5. The predicted molar refractivity (Wildman–Crippen MR) is 111 cm³/mol. The zero-order chi connectivity index (χ0) is 20.2. The molecule has 3 aromatic rings. The van der Waals surface area contributed by atoms with E-state index in [0.717, 1.165) is 44.5 Å². The topological polar surface area (TPSA) is 90.9 Å². The molecule has 0 amide bonds. The van der Waals surface area contributed by atoms with Gasteiger partial charge in [0.25, 0.3) is 5.89 Å². The first-order valence-electron chi connectivity index (χ1n) is 9.96. The summed E-state index contributed by atoms with van der Waals surface area (Å²) < 4.78 is 5.47. The van der Waals surface area contributed by atoms with Gasteiger partial charge in [-0.1, -0.05) is 24.2 Å². The Morgan fingerprint density at radius 1 is 1.17 bits per heavy atom. The molecule has 3 heterocycles. The van der Waals surface area contributed by atoms with Crippen LogP contribution in [0.15, 0.2) is 35.0 Å². The van der Waals surface area contributed by atoms with Crippen molar-refractivity contribution in [3.8, 4) is 28.9 Å². The number of nitrogens with zero attached hydrogens (tertiary/aromatic N) is 5. The molecular weight excluding hydrogens is 364 g/mol. The summed E-state index contributed by atoms with van der Waals surface area (Å²) in [6, 6.07) is 10.3. The third kappa shape index (κ3) is 4.13. The Morgan fingerprint density at radius 2 is 2.00 bits per heavy atom. The standard InChI is InChI=1S/C22H24N6O/c1-3-8-24-20-18(13-23)12-19(14-25-20)22-26-21(27-29-22)17-5-4-15-6-9-28(2)10-7-16(15)11-17/h4-5,11-12,14H,3,6-10H2,1-2H3,(H,24,25). The van der Waals surface area contributed by atoms with E-state index in [4.69, 9.17) is 4.52 Å². The molecule has 1 aliphatic rings. The van der Waals surface area contributed by atoms with Crippen molar-refractivity contribution in [2.24, 2.45) is 0 Å². The van der Waals surface area contributed by atoms with Gasteiger partial charge in [0.1, 0.15) is 11.9 Å². The third-order valence-corrected chi connectivity index (χ3v) is 5.21. The van der Waals surface area contributed by atoms with Gasteiger partial charge in [-0.25, -0.2) is 4.98 Å². The van der Waals surface area contributed by atoms with Crippen molar-refractivity contribution in [1.82, 2.24) is 20.0 Å². The first kappa shape index (κ1) is 19.1. The summed E-state index contributed by atoms with van der Waals surface area (Å²) in [7, 11) is 2.16. The minimum atomic E-state index is 0.362. The Morgan fingerprint density at radius 3 is 2.79 bits per heavy atom. The van der Waals surface area contributed by atoms with E-state index in [-0.39, 0.29) is 0 Å². The normalized spacial score (nSPS) is 14.1. The van der Waals surface area contributed by atoms with Crippen LogP contribution in [0.2, 0.25) is 0 Å². The van der Waals surface area contributed by atoms with Crippen molar-refractivity contribution in [2.45, 2.75) is 26.2 Å². The highest BCUT2D eigenvalue weighted by Gasteiger charge is 2.16. The van der Waals surface area contributed by atoms with Crippen LogP contribution in [0, 0.1) is 11.3 Å². The van der Waals surface area contributed by atoms with Crippen molar-refractivity contribution in [1.29, 1.82) is 5.26 Å². The molecule has 7 heteroatoms. The van der Waals surface area contributed by atoms with E-state index in [0.29, 0.717) is 28.7 Å². The molecule has 0 saturated heterocycles. The van der Waals surface area contributed by atoms with Gasteiger partial charge in [0.2, 0.25) is 5.82 Å². The molecule has 0 aliphatic carbocycles. The summed E-state index contributed by atoms with van der Waals surface area (Å²) in [4.78, 5) is 11.3. The Balaban J connectivity index is 1.60. The lowest BCUT2D eigenvalue weighted by Crippen LogP contribution is -2.20. The second-order valence-corrected chi connectivity index (χ2v) is 7.37. The summed E-state index contributed by atoms with van der Waals surface area (Å²) in [6.45, 7) is 4.96. The average molecular weight is 388 g/mol. The number of fused-ring (bicyclic) bond motifs is 1. The molecule has 1 aromatic carbocycles. The lowest BCUT2D eigenvalue weighted by Gasteiger charge is -2.10. The molecule has 0 unspecified atom stereocenters. The molecule has 4 rings (SSSR count). The molecule has 0 atom stereocenters. The van der Waals surface area contributed by atoms with Crippen molar-refractivity contribution in [3.05, 3.63) is 47.2 Å². The molecule has 1 N–H and O–H groups in total. The quantitative estimate of drug-likeness (QED) is 0.715. The second-order valence-electron chi connectivity index (χ2n) is 7.37. The van der Waals surface area contributed by atoms with Gasteiger partial charge >= 0.3 is 0 Å². The van der Waals surface area contributed by atoms with Crippen LogP contribution < -0.4 is 5.32 Å². The van der Waals surface area contributed by atoms with Gasteiger partial charge in [-0.05, 0) is 49.6 Å². The Labute approximate surface area is 170 Å². The molecule has 2 aromatic heterocycles. The maximum Gasteiger partial charge on any atom is 0.259 e. The zero-order valence-corrected chi connectivity index (χ0v) is 16.8. The van der Waals surface area contributed by atoms with Gasteiger partial charge < -0.3 is 14.7 Å². The van der Waals surface area contributed by atoms with E-state index in [2.05, 4.69) is 63.6 Å². The van der Waals surface area contributed by atoms with Gasteiger partial charge in [0.15, 0.2) is 0 Å². The van der Waals surface area contributed by atoms with Crippen LogP contribution in [0.5, 0.6) is 0 Å². The highest BCUT2D eigenvalue weighted by Crippen LogP contribution is 2.27. The number of aromatic nitrogens is 3. The van der Waals surface area contributed by atoms with Crippen LogP contribution in [0.4, 0.5) is 5.82 Å². The van der Waals surface area contributed by atoms with Crippen LogP contribution in [-0.4, -0.2) is 46.7 Å². The van der Waals surface area contributed by atoms with Crippen molar-refractivity contribution < 1.29 is 4.52 Å². The van der Waals surface area contributed by atoms with Gasteiger partial charge in [0.05, 0.1) is 11.1 Å². The second kappa shape index (κ2) is 8.41. The number of benzene rings is 1. The number of likely N-dealkylation sites (N-methyl/N-ethyl adjacent to an activating group) is 1. The van der Waals surface area contributed by atoms with Gasteiger partial charge in [-0.3, -0.25) is 0 Å². The lowest BCUT2D eigenvalue weighted by molar-refractivity contribution is 0.352. The predicted octanol–water partition coefficient (Wildman–Crippen LogP) is 3.52. The van der Waals surface area contributed by atoms with E-state index in [1.807, 2.05) is 0 Å². The summed E-state index contributed by atoms with van der Waals surface area (Å²) in [5, 5.41) is 16.7. The van der Waals surface area contributed by atoms with E-state index in [1.165, 1.54) is 11.1 Å². The molecule has 7 nitrogen and oxygen atoms in total. The van der Waals surface area contributed by atoms with Gasteiger partial charge in [-0.15, -0.1) is 0 Å². The van der Waals surface area contributed by atoms with Crippen LogP contribution in [-0.2, 0) is 12.8 Å².